The maximum absolute atomic E-state index is 13.1. The van der Waals surface area contributed by atoms with E-state index in [4.69, 9.17) is 4.74 Å². The van der Waals surface area contributed by atoms with Gasteiger partial charge in [0.25, 0.3) is 0 Å². The van der Waals surface area contributed by atoms with Crippen LogP contribution in [-0.4, -0.2) is 39.5 Å². The van der Waals surface area contributed by atoms with Crippen LogP contribution >= 0.6 is 34.4 Å². The number of benzene rings is 2. The number of thiophene rings is 2. The third-order valence-electron chi connectivity index (χ3n) is 6.43. The van der Waals surface area contributed by atoms with Gasteiger partial charge in [-0.3, -0.25) is 4.79 Å². The SMILES string of the molecule is CCn1c(SCC(=O)Nc2sc(C)c(-c3ccccc3)c2C(=O)OC)nnc1-c1csc(C)c1-c1ccccc1. The number of thioether (sulfide) groups is 1. The van der Waals surface area contributed by atoms with Crippen LogP contribution in [0.3, 0.4) is 0 Å². The van der Waals surface area contributed by atoms with Gasteiger partial charge in [-0.1, -0.05) is 72.4 Å². The molecule has 40 heavy (non-hydrogen) atoms. The third kappa shape index (κ3) is 5.47. The van der Waals surface area contributed by atoms with Gasteiger partial charge in [0.15, 0.2) is 11.0 Å². The predicted molar refractivity (Wildman–Crippen MR) is 164 cm³/mol. The number of amides is 1. The first kappa shape index (κ1) is 27.8. The Balaban J connectivity index is 1.37. The van der Waals surface area contributed by atoms with Gasteiger partial charge in [-0.05, 0) is 31.9 Å². The molecule has 0 spiro atoms. The van der Waals surface area contributed by atoms with Crippen LogP contribution in [0.4, 0.5) is 5.00 Å². The first-order valence-corrected chi connectivity index (χ1v) is 15.4. The van der Waals surface area contributed by atoms with Crippen molar-refractivity contribution < 1.29 is 14.3 Å². The van der Waals surface area contributed by atoms with E-state index in [1.807, 2.05) is 66.9 Å². The van der Waals surface area contributed by atoms with E-state index >= 15 is 0 Å². The van der Waals surface area contributed by atoms with E-state index in [0.717, 1.165) is 38.5 Å². The average Bonchev–Trinajstić information content (AvgIpc) is 3.66. The highest BCUT2D eigenvalue weighted by atomic mass is 32.2. The Morgan fingerprint density at radius 3 is 2.23 bits per heavy atom. The second-order valence-electron chi connectivity index (χ2n) is 8.93. The molecule has 2 aromatic carbocycles. The number of hydrogen-bond acceptors (Lipinski definition) is 8. The minimum absolute atomic E-state index is 0.116. The van der Waals surface area contributed by atoms with Gasteiger partial charge < -0.3 is 14.6 Å². The van der Waals surface area contributed by atoms with Crippen LogP contribution in [0.25, 0.3) is 33.6 Å². The monoisotopic (exact) mass is 588 g/mol. The van der Waals surface area contributed by atoms with Gasteiger partial charge in [-0.15, -0.1) is 32.9 Å². The number of aromatic nitrogens is 3. The van der Waals surface area contributed by atoms with Crippen molar-refractivity contribution in [3.05, 3.63) is 81.4 Å². The number of aryl methyl sites for hydroxylation is 2. The van der Waals surface area contributed by atoms with Gasteiger partial charge in [0, 0.05) is 38.4 Å². The Kier molecular flexibility index (Phi) is 8.49. The maximum Gasteiger partial charge on any atom is 0.341 e. The van der Waals surface area contributed by atoms with Crippen LogP contribution in [0.1, 0.15) is 27.0 Å². The third-order valence-corrected chi connectivity index (χ3v) is 9.33. The van der Waals surface area contributed by atoms with Crippen LogP contribution in [-0.2, 0) is 16.1 Å². The summed E-state index contributed by atoms with van der Waals surface area (Å²) >= 11 is 4.37. The highest BCUT2D eigenvalue weighted by molar-refractivity contribution is 7.99. The van der Waals surface area contributed by atoms with Crippen LogP contribution in [0, 0.1) is 13.8 Å². The molecule has 0 saturated heterocycles. The van der Waals surface area contributed by atoms with Gasteiger partial charge in [0.05, 0.1) is 12.9 Å². The summed E-state index contributed by atoms with van der Waals surface area (Å²) in [5, 5.41) is 15.2. The fraction of sp³-hybridized carbons (Fsp3) is 0.200. The summed E-state index contributed by atoms with van der Waals surface area (Å²) in [6.45, 7) is 6.75. The maximum atomic E-state index is 13.1. The Bertz CT molecular complexity index is 1660. The summed E-state index contributed by atoms with van der Waals surface area (Å²) in [7, 11) is 1.35. The first-order chi connectivity index (χ1) is 19.4. The standard InChI is InChI=1S/C30H28N4O3S3/c1-5-34-27(22-16-38-18(2)24(22)20-12-8-6-9-13-20)32-33-30(34)39-17-23(35)31-28-26(29(36)37-4)25(19(3)40-28)21-14-10-7-11-15-21/h6-16H,5,17H2,1-4H3,(H,31,35). The van der Waals surface area contributed by atoms with E-state index in [9.17, 15) is 9.59 Å². The van der Waals surface area contributed by atoms with Gasteiger partial charge >= 0.3 is 5.97 Å². The molecule has 7 nitrogen and oxygen atoms in total. The van der Waals surface area contributed by atoms with Crippen LogP contribution in [0.2, 0.25) is 0 Å². The Morgan fingerprint density at radius 1 is 0.950 bits per heavy atom. The zero-order valence-corrected chi connectivity index (χ0v) is 25.0. The number of anilines is 1. The van der Waals surface area contributed by atoms with E-state index in [1.54, 1.807) is 11.3 Å². The van der Waals surface area contributed by atoms with Crippen molar-refractivity contribution in [1.82, 2.24) is 14.8 Å². The molecule has 5 rings (SSSR count). The molecule has 3 heterocycles. The lowest BCUT2D eigenvalue weighted by molar-refractivity contribution is -0.113. The lowest BCUT2D eigenvalue weighted by Crippen LogP contribution is -2.16. The van der Waals surface area contributed by atoms with Crippen molar-refractivity contribution in [3.63, 3.8) is 0 Å². The fourth-order valence-corrected chi connectivity index (χ4v) is 7.38. The molecule has 1 N–H and O–H groups in total. The zero-order chi connectivity index (χ0) is 28.2. The lowest BCUT2D eigenvalue weighted by Gasteiger charge is -2.10. The van der Waals surface area contributed by atoms with Gasteiger partial charge in [-0.2, -0.15) is 0 Å². The minimum Gasteiger partial charge on any atom is -0.465 e. The highest BCUT2D eigenvalue weighted by Gasteiger charge is 2.26. The minimum atomic E-state index is -0.484. The summed E-state index contributed by atoms with van der Waals surface area (Å²) in [5.41, 5.74) is 5.36. The molecule has 0 radical (unpaired) electrons. The quantitative estimate of drug-likeness (QED) is 0.141. The van der Waals surface area contributed by atoms with Crippen LogP contribution < -0.4 is 5.32 Å². The zero-order valence-electron chi connectivity index (χ0n) is 22.6. The Morgan fingerprint density at radius 2 is 1.60 bits per heavy atom. The number of ether oxygens (including phenoxy) is 1. The molecule has 204 valence electrons. The molecule has 0 unspecified atom stereocenters. The normalized spacial score (nSPS) is 11.0. The molecule has 10 heteroatoms. The molecule has 0 bridgehead atoms. The number of methoxy groups -OCH3 is 1. The number of carbonyl (C=O) groups excluding carboxylic acids is 2. The molecule has 0 aliphatic heterocycles. The topological polar surface area (TPSA) is 86.1 Å². The summed E-state index contributed by atoms with van der Waals surface area (Å²) in [6.07, 6.45) is 0. The Labute approximate surface area is 245 Å². The van der Waals surface area contributed by atoms with Crippen molar-refractivity contribution in [2.24, 2.45) is 0 Å². The summed E-state index contributed by atoms with van der Waals surface area (Å²) in [4.78, 5) is 28.0. The molecular formula is C30H28N4O3S3. The molecule has 0 saturated carbocycles. The lowest BCUT2D eigenvalue weighted by atomic mass is 10.0. The van der Waals surface area contributed by atoms with E-state index in [1.165, 1.54) is 35.1 Å². The van der Waals surface area contributed by atoms with E-state index in [0.29, 0.717) is 22.3 Å². The second-order valence-corrected chi connectivity index (χ2v) is 12.2. The smallest absolute Gasteiger partial charge is 0.341 e. The van der Waals surface area contributed by atoms with Crippen molar-refractivity contribution in [2.75, 3.05) is 18.2 Å². The fourth-order valence-electron chi connectivity index (χ4n) is 4.64. The molecule has 3 aromatic heterocycles. The molecular weight excluding hydrogens is 561 g/mol. The number of nitrogens with zero attached hydrogens (tertiary/aromatic N) is 3. The van der Waals surface area contributed by atoms with Gasteiger partial charge in [0.1, 0.15) is 10.6 Å². The van der Waals surface area contributed by atoms with Crippen molar-refractivity contribution >= 4 is 51.3 Å². The van der Waals surface area contributed by atoms with Crippen molar-refractivity contribution in [2.45, 2.75) is 32.5 Å². The van der Waals surface area contributed by atoms with E-state index < -0.39 is 5.97 Å². The number of rotatable bonds is 9. The number of carbonyl (C=O) groups is 2. The van der Waals surface area contributed by atoms with Crippen LogP contribution in [0.5, 0.6) is 0 Å². The molecule has 1 amide bonds. The Hall–Kier alpha value is -3.73. The summed E-state index contributed by atoms with van der Waals surface area (Å²) in [6, 6.07) is 19.9. The average molecular weight is 589 g/mol. The predicted octanol–water partition coefficient (Wildman–Crippen LogP) is 7.56. The summed E-state index contributed by atoms with van der Waals surface area (Å²) in [5.74, 6) is 0.175. The number of esters is 1. The van der Waals surface area contributed by atoms with Gasteiger partial charge in [0.2, 0.25) is 5.91 Å². The molecule has 0 aliphatic carbocycles. The summed E-state index contributed by atoms with van der Waals surface area (Å²) < 4.78 is 7.11. The van der Waals surface area contributed by atoms with Crippen molar-refractivity contribution in [1.29, 1.82) is 0 Å². The largest absolute Gasteiger partial charge is 0.465 e. The van der Waals surface area contributed by atoms with Gasteiger partial charge in [-0.25, -0.2) is 4.79 Å². The second kappa shape index (κ2) is 12.2. The molecule has 0 atom stereocenters. The van der Waals surface area contributed by atoms with Crippen LogP contribution in [0.15, 0.2) is 71.2 Å². The molecule has 5 aromatic rings. The van der Waals surface area contributed by atoms with E-state index in [2.05, 4.69) is 40.0 Å². The molecule has 0 aliphatic rings. The van der Waals surface area contributed by atoms with E-state index in [-0.39, 0.29) is 11.7 Å². The highest BCUT2D eigenvalue weighted by Crippen LogP contribution is 2.41. The number of hydrogen-bond donors (Lipinski definition) is 1. The first-order valence-electron chi connectivity index (χ1n) is 12.7. The number of nitrogens with one attached hydrogen (secondary N) is 1. The molecule has 0 fully saturated rings. The van der Waals surface area contributed by atoms with Crippen molar-refractivity contribution in [3.8, 4) is 33.6 Å².